The average molecular weight is 376 g/mol. The van der Waals surface area contributed by atoms with Gasteiger partial charge in [-0.1, -0.05) is 31.5 Å². The van der Waals surface area contributed by atoms with Crippen LogP contribution in [0, 0.1) is 5.82 Å². The second-order valence-electron chi connectivity index (χ2n) is 6.88. The highest BCUT2D eigenvalue weighted by Crippen LogP contribution is 2.31. The molecule has 1 heterocycles. The van der Waals surface area contributed by atoms with Crippen molar-refractivity contribution >= 4 is 0 Å². The molecule has 0 unspecified atom stereocenters. The standard InChI is InChI=1S/C21H25FO5/c1-3-5-13-8-9-16(11-17(13)14-6-4-7-15(22)10-14)27-21-20(25)19(24)18(23)12(2)26-21/h4,6-12,18-21,23-25H,3,5H2,1-2H3/t12-,18-,19+,20+,21-/m0/s1. The molecule has 0 aromatic heterocycles. The highest BCUT2D eigenvalue weighted by molar-refractivity contribution is 5.69. The Balaban J connectivity index is 1.89. The van der Waals surface area contributed by atoms with Crippen molar-refractivity contribution in [3.63, 3.8) is 0 Å². The number of aryl methyl sites for hydroxylation is 1. The van der Waals surface area contributed by atoms with E-state index in [1.165, 1.54) is 12.1 Å². The Morgan fingerprint density at radius 2 is 1.81 bits per heavy atom. The van der Waals surface area contributed by atoms with Gasteiger partial charge in [0.15, 0.2) is 0 Å². The summed E-state index contributed by atoms with van der Waals surface area (Å²) in [4.78, 5) is 0. The van der Waals surface area contributed by atoms with E-state index in [0.717, 1.165) is 29.5 Å². The maximum atomic E-state index is 13.7. The van der Waals surface area contributed by atoms with E-state index < -0.39 is 30.7 Å². The van der Waals surface area contributed by atoms with Crippen molar-refractivity contribution in [2.45, 2.75) is 57.4 Å². The topological polar surface area (TPSA) is 79.2 Å². The van der Waals surface area contributed by atoms with E-state index in [9.17, 15) is 19.7 Å². The quantitative estimate of drug-likeness (QED) is 0.748. The Hall–Kier alpha value is -1.99. The van der Waals surface area contributed by atoms with Crippen LogP contribution in [-0.2, 0) is 11.2 Å². The summed E-state index contributed by atoms with van der Waals surface area (Å²) in [5, 5.41) is 29.9. The third-order valence-electron chi connectivity index (χ3n) is 4.80. The van der Waals surface area contributed by atoms with Crippen LogP contribution < -0.4 is 4.74 Å². The summed E-state index contributed by atoms with van der Waals surface area (Å²) in [6.45, 7) is 3.67. The van der Waals surface area contributed by atoms with Gasteiger partial charge in [0.1, 0.15) is 29.9 Å². The molecule has 6 heteroatoms. The van der Waals surface area contributed by atoms with E-state index in [1.807, 2.05) is 12.1 Å². The van der Waals surface area contributed by atoms with Crippen molar-refractivity contribution in [3.05, 3.63) is 53.8 Å². The first-order chi connectivity index (χ1) is 12.9. The Morgan fingerprint density at radius 3 is 2.52 bits per heavy atom. The summed E-state index contributed by atoms with van der Waals surface area (Å²) in [5.41, 5.74) is 2.63. The van der Waals surface area contributed by atoms with Gasteiger partial charge < -0.3 is 24.8 Å². The summed E-state index contributed by atoms with van der Waals surface area (Å²) in [6.07, 6.45) is -3.96. The molecule has 1 saturated heterocycles. The number of aliphatic hydroxyl groups excluding tert-OH is 3. The maximum Gasteiger partial charge on any atom is 0.229 e. The fourth-order valence-electron chi connectivity index (χ4n) is 3.29. The third kappa shape index (κ3) is 4.30. The second-order valence-corrected chi connectivity index (χ2v) is 6.88. The van der Waals surface area contributed by atoms with Crippen molar-refractivity contribution in [2.24, 2.45) is 0 Å². The van der Waals surface area contributed by atoms with Crippen molar-refractivity contribution in [1.29, 1.82) is 0 Å². The van der Waals surface area contributed by atoms with Gasteiger partial charge in [-0.3, -0.25) is 0 Å². The third-order valence-corrected chi connectivity index (χ3v) is 4.80. The molecule has 3 rings (SSSR count). The molecule has 5 nitrogen and oxygen atoms in total. The SMILES string of the molecule is CCCc1ccc(O[C@@H]2O[C@@H](C)[C@H](O)[C@@H](O)[C@H]2O)cc1-c1cccc(F)c1. The minimum absolute atomic E-state index is 0.321. The maximum absolute atomic E-state index is 13.7. The largest absolute Gasteiger partial charge is 0.462 e. The van der Waals surface area contributed by atoms with Crippen LogP contribution >= 0.6 is 0 Å². The summed E-state index contributed by atoms with van der Waals surface area (Å²) >= 11 is 0. The summed E-state index contributed by atoms with van der Waals surface area (Å²) < 4.78 is 24.9. The zero-order chi connectivity index (χ0) is 19.6. The molecule has 0 radical (unpaired) electrons. The lowest BCUT2D eigenvalue weighted by molar-refractivity contribution is -0.268. The molecule has 1 aliphatic rings. The molecular weight excluding hydrogens is 351 g/mol. The molecule has 0 bridgehead atoms. The number of hydrogen-bond acceptors (Lipinski definition) is 5. The van der Waals surface area contributed by atoms with Crippen LogP contribution in [0.15, 0.2) is 42.5 Å². The zero-order valence-corrected chi connectivity index (χ0v) is 15.4. The van der Waals surface area contributed by atoms with Crippen LogP contribution in [0.25, 0.3) is 11.1 Å². The van der Waals surface area contributed by atoms with Crippen molar-refractivity contribution in [1.82, 2.24) is 0 Å². The van der Waals surface area contributed by atoms with Crippen LogP contribution in [0.3, 0.4) is 0 Å². The van der Waals surface area contributed by atoms with Gasteiger partial charge in [0, 0.05) is 0 Å². The van der Waals surface area contributed by atoms with E-state index in [1.54, 1.807) is 25.1 Å². The predicted molar refractivity (Wildman–Crippen MR) is 98.8 cm³/mol. The number of ether oxygens (including phenoxy) is 2. The first-order valence-corrected chi connectivity index (χ1v) is 9.16. The minimum Gasteiger partial charge on any atom is -0.462 e. The fraction of sp³-hybridized carbons (Fsp3) is 0.429. The van der Waals surface area contributed by atoms with Gasteiger partial charge in [-0.05, 0) is 54.3 Å². The van der Waals surface area contributed by atoms with Crippen molar-refractivity contribution in [3.8, 4) is 16.9 Å². The molecule has 2 aromatic rings. The normalized spacial score (nSPS) is 28.1. The first kappa shape index (κ1) is 19.8. The molecule has 27 heavy (non-hydrogen) atoms. The molecule has 0 aliphatic carbocycles. The highest BCUT2D eigenvalue weighted by Gasteiger charge is 2.43. The number of aliphatic hydroxyl groups is 3. The molecular formula is C21H25FO5. The van der Waals surface area contributed by atoms with Gasteiger partial charge in [-0.25, -0.2) is 4.39 Å². The highest BCUT2D eigenvalue weighted by atomic mass is 19.1. The van der Waals surface area contributed by atoms with Crippen molar-refractivity contribution < 1.29 is 29.2 Å². The number of halogens is 1. The van der Waals surface area contributed by atoms with Gasteiger partial charge in [-0.15, -0.1) is 0 Å². The molecule has 2 aromatic carbocycles. The average Bonchev–Trinajstić information content (AvgIpc) is 2.65. The number of rotatable bonds is 5. The molecule has 0 spiro atoms. The predicted octanol–water partition coefficient (Wildman–Crippen LogP) is 2.65. The van der Waals surface area contributed by atoms with Gasteiger partial charge >= 0.3 is 0 Å². The fourth-order valence-corrected chi connectivity index (χ4v) is 3.29. The van der Waals surface area contributed by atoms with E-state index >= 15 is 0 Å². The van der Waals surface area contributed by atoms with E-state index in [-0.39, 0.29) is 5.82 Å². The summed E-state index contributed by atoms with van der Waals surface area (Å²) in [5.74, 6) is 0.104. The van der Waals surface area contributed by atoms with Crippen molar-refractivity contribution in [2.75, 3.05) is 0 Å². The molecule has 1 fully saturated rings. The van der Waals surface area contributed by atoms with Crippen LogP contribution in [0.2, 0.25) is 0 Å². The minimum atomic E-state index is -1.39. The Labute approximate surface area is 158 Å². The van der Waals surface area contributed by atoms with E-state index in [2.05, 4.69) is 6.92 Å². The van der Waals surface area contributed by atoms with Crippen LogP contribution in [-0.4, -0.2) is 46.0 Å². The molecule has 5 atom stereocenters. The van der Waals surface area contributed by atoms with Gasteiger partial charge in [0.25, 0.3) is 0 Å². The molecule has 3 N–H and O–H groups in total. The van der Waals surface area contributed by atoms with Crippen LogP contribution in [0.4, 0.5) is 4.39 Å². The lowest BCUT2D eigenvalue weighted by Gasteiger charge is -2.38. The Morgan fingerprint density at radius 1 is 1.04 bits per heavy atom. The number of hydrogen-bond donors (Lipinski definition) is 3. The molecule has 146 valence electrons. The molecule has 0 amide bonds. The summed E-state index contributed by atoms with van der Waals surface area (Å²) in [7, 11) is 0. The first-order valence-electron chi connectivity index (χ1n) is 9.16. The van der Waals surface area contributed by atoms with E-state index in [0.29, 0.717) is 5.75 Å². The van der Waals surface area contributed by atoms with Gasteiger partial charge in [0.2, 0.25) is 6.29 Å². The molecule has 0 saturated carbocycles. The lowest BCUT2D eigenvalue weighted by Crippen LogP contribution is -2.58. The Bertz CT molecular complexity index is 781. The zero-order valence-electron chi connectivity index (χ0n) is 15.4. The second kappa shape index (κ2) is 8.35. The monoisotopic (exact) mass is 376 g/mol. The van der Waals surface area contributed by atoms with Crippen LogP contribution in [0.5, 0.6) is 5.75 Å². The van der Waals surface area contributed by atoms with Crippen LogP contribution in [0.1, 0.15) is 25.8 Å². The Kier molecular flexibility index (Phi) is 6.11. The lowest BCUT2D eigenvalue weighted by atomic mass is 9.96. The smallest absolute Gasteiger partial charge is 0.229 e. The van der Waals surface area contributed by atoms with Gasteiger partial charge in [0.05, 0.1) is 6.10 Å². The summed E-state index contributed by atoms with van der Waals surface area (Å²) in [6, 6.07) is 11.8. The van der Waals surface area contributed by atoms with Gasteiger partial charge in [-0.2, -0.15) is 0 Å². The number of benzene rings is 2. The van der Waals surface area contributed by atoms with E-state index in [4.69, 9.17) is 9.47 Å². The molecule has 1 aliphatic heterocycles.